The van der Waals surface area contributed by atoms with Crippen molar-refractivity contribution >= 4 is 0 Å². The third-order valence-electron chi connectivity index (χ3n) is 6.90. The molecule has 1 N–H and O–H groups in total. The number of likely N-dealkylation sites (tertiary alicyclic amines) is 1. The van der Waals surface area contributed by atoms with Crippen LogP contribution in [0.3, 0.4) is 0 Å². The molecule has 1 aromatic carbocycles. The van der Waals surface area contributed by atoms with Crippen molar-refractivity contribution in [3.63, 3.8) is 0 Å². The molecular formula is C24H41N3O4. The Morgan fingerprint density at radius 2 is 1.61 bits per heavy atom. The van der Waals surface area contributed by atoms with Gasteiger partial charge in [0.25, 0.3) is 0 Å². The van der Waals surface area contributed by atoms with Gasteiger partial charge >= 0.3 is 0 Å². The maximum absolute atomic E-state index is 9.72. The predicted octanol–water partition coefficient (Wildman–Crippen LogP) is 2.45. The number of hydrogen-bond donors (Lipinski definition) is 1. The van der Waals surface area contributed by atoms with Crippen LogP contribution in [0.5, 0.6) is 17.2 Å². The van der Waals surface area contributed by atoms with Crippen molar-refractivity contribution in [3.8, 4) is 17.2 Å². The van der Waals surface area contributed by atoms with E-state index in [1.54, 1.807) is 21.3 Å². The highest BCUT2D eigenvalue weighted by Gasteiger charge is 2.34. The first-order valence-corrected chi connectivity index (χ1v) is 11.6. The van der Waals surface area contributed by atoms with Crippen LogP contribution in [0.25, 0.3) is 0 Å². The molecule has 2 heterocycles. The predicted molar refractivity (Wildman–Crippen MR) is 123 cm³/mol. The van der Waals surface area contributed by atoms with Crippen LogP contribution in [0.15, 0.2) is 12.1 Å². The summed E-state index contributed by atoms with van der Waals surface area (Å²) >= 11 is 0. The van der Waals surface area contributed by atoms with Crippen LogP contribution in [0.1, 0.15) is 38.7 Å². The van der Waals surface area contributed by atoms with Crippen molar-refractivity contribution in [2.45, 2.75) is 57.8 Å². The highest BCUT2D eigenvalue weighted by Crippen LogP contribution is 2.38. The van der Waals surface area contributed by atoms with E-state index in [1.165, 1.54) is 25.9 Å². The van der Waals surface area contributed by atoms with E-state index in [4.69, 9.17) is 14.2 Å². The minimum atomic E-state index is 0.240. The Morgan fingerprint density at radius 3 is 2.13 bits per heavy atom. The third-order valence-corrected chi connectivity index (χ3v) is 6.90. The second-order valence-electron chi connectivity index (χ2n) is 9.03. The Kier molecular flexibility index (Phi) is 8.84. The Bertz CT molecular complexity index is 666. The van der Waals surface area contributed by atoms with Gasteiger partial charge in [0.05, 0.1) is 21.3 Å². The molecule has 0 amide bonds. The van der Waals surface area contributed by atoms with E-state index in [0.717, 1.165) is 38.2 Å². The van der Waals surface area contributed by atoms with Crippen molar-refractivity contribution in [3.05, 3.63) is 17.7 Å². The van der Waals surface area contributed by atoms with Crippen LogP contribution in [-0.4, -0.2) is 98.6 Å². The largest absolute Gasteiger partial charge is 0.493 e. The van der Waals surface area contributed by atoms with Gasteiger partial charge in [-0.15, -0.1) is 0 Å². The van der Waals surface area contributed by atoms with E-state index < -0.39 is 0 Å². The molecule has 1 aromatic rings. The molecule has 0 spiro atoms. The molecule has 2 saturated heterocycles. The first-order valence-electron chi connectivity index (χ1n) is 11.6. The zero-order valence-electron chi connectivity index (χ0n) is 20.0. The average Bonchev–Trinajstić information content (AvgIpc) is 2.79. The van der Waals surface area contributed by atoms with Gasteiger partial charge in [-0.1, -0.05) is 0 Å². The van der Waals surface area contributed by atoms with Crippen molar-refractivity contribution in [2.24, 2.45) is 0 Å². The summed E-state index contributed by atoms with van der Waals surface area (Å²) in [4.78, 5) is 7.75. The number of piperazine rings is 1. The zero-order chi connectivity index (χ0) is 22.4. The summed E-state index contributed by atoms with van der Waals surface area (Å²) < 4.78 is 16.5. The number of methoxy groups -OCH3 is 3. The van der Waals surface area contributed by atoms with Crippen molar-refractivity contribution in [1.82, 2.24) is 14.7 Å². The van der Waals surface area contributed by atoms with Gasteiger partial charge in [0.15, 0.2) is 11.5 Å². The molecule has 0 saturated carbocycles. The van der Waals surface area contributed by atoms with Crippen molar-refractivity contribution < 1.29 is 19.3 Å². The summed E-state index contributed by atoms with van der Waals surface area (Å²) in [6.45, 7) is 11.1. The molecule has 2 aliphatic rings. The molecule has 2 fully saturated rings. The monoisotopic (exact) mass is 435 g/mol. The van der Waals surface area contributed by atoms with Crippen LogP contribution in [-0.2, 0) is 6.54 Å². The normalized spacial score (nSPS) is 22.1. The van der Waals surface area contributed by atoms with Crippen LogP contribution < -0.4 is 14.2 Å². The lowest BCUT2D eigenvalue weighted by Gasteiger charge is -2.48. The first-order chi connectivity index (χ1) is 15.0. The number of hydrogen-bond acceptors (Lipinski definition) is 7. The van der Waals surface area contributed by atoms with E-state index in [0.29, 0.717) is 35.4 Å². The van der Waals surface area contributed by atoms with E-state index in [2.05, 4.69) is 28.5 Å². The van der Waals surface area contributed by atoms with E-state index in [1.807, 2.05) is 12.1 Å². The summed E-state index contributed by atoms with van der Waals surface area (Å²) in [5.41, 5.74) is 1.15. The van der Waals surface area contributed by atoms with Crippen molar-refractivity contribution in [1.29, 1.82) is 0 Å². The SMILES string of the molecule is COc1cc(CN2CCN(C3CCN(C(C)C)CC3)[C@@H](CCO)C2)cc(OC)c1OC. The minimum Gasteiger partial charge on any atom is -0.493 e. The van der Waals surface area contributed by atoms with Gasteiger partial charge in [0.1, 0.15) is 0 Å². The lowest BCUT2D eigenvalue weighted by atomic mass is 9.97. The van der Waals surface area contributed by atoms with Crippen LogP contribution in [0.2, 0.25) is 0 Å². The number of aliphatic hydroxyl groups is 1. The number of nitrogens with zero attached hydrogens (tertiary/aromatic N) is 3. The van der Waals surface area contributed by atoms with Gasteiger partial charge in [-0.25, -0.2) is 0 Å². The maximum atomic E-state index is 9.72. The zero-order valence-corrected chi connectivity index (χ0v) is 20.0. The topological polar surface area (TPSA) is 57.6 Å². The molecule has 176 valence electrons. The van der Waals surface area contributed by atoms with E-state index >= 15 is 0 Å². The van der Waals surface area contributed by atoms with Crippen molar-refractivity contribution in [2.75, 3.05) is 60.7 Å². The van der Waals surface area contributed by atoms with Crippen LogP contribution >= 0.6 is 0 Å². The molecule has 0 aromatic heterocycles. The molecule has 2 aliphatic heterocycles. The Balaban J connectivity index is 1.66. The number of rotatable bonds is 9. The van der Waals surface area contributed by atoms with Crippen LogP contribution in [0.4, 0.5) is 0 Å². The summed E-state index contributed by atoms with van der Waals surface area (Å²) in [6, 6.07) is 5.74. The minimum absolute atomic E-state index is 0.240. The summed E-state index contributed by atoms with van der Waals surface area (Å²) in [6.07, 6.45) is 3.29. The van der Waals surface area contributed by atoms with Gasteiger partial charge in [0.2, 0.25) is 5.75 Å². The Hall–Kier alpha value is -1.54. The maximum Gasteiger partial charge on any atom is 0.203 e. The van der Waals surface area contributed by atoms with Gasteiger partial charge in [-0.3, -0.25) is 9.80 Å². The summed E-state index contributed by atoms with van der Waals surface area (Å²) in [5, 5.41) is 9.72. The van der Waals surface area contributed by atoms with Gasteiger partial charge in [-0.05, 0) is 63.9 Å². The standard InChI is InChI=1S/C24H41N3O4/c1-18(2)26-9-6-20(7-10-26)27-12-11-25(17-21(27)8-13-28)16-19-14-22(29-3)24(31-5)23(15-19)30-4/h14-15,18,20-21,28H,6-13,16-17H2,1-5H3/t21-/m0/s1. The molecule has 7 heteroatoms. The fourth-order valence-corrected chi connectivity index (χ4v) is 5.18. The second kappa shape index (κ2) is 11.4. The number of ether oxygens (including phenoxy) is 3. The van der Waals surface area contributed by atoms with Gasteiger partial charge in [-0.2, -0.15) is 0 Å². The molecule has 0 radical (unpaired) electrons. The average molecular weight is 436 g/mol. The first kappa shape index (κ1) is 24.1. The molecule has 0 bridgehead atoms. The van der Waals surface area contributed by atoms with E-state index in [9.17, 15) is 5.11 Å². The smallest absolute Gasteiger partial charge is 0.203 e. The Morgan fingerprint density at radius 1 is 0.968 bits per heavy atom. The lowest BCUT2D eigenvalue weighted by Crippen LogP contribution is -2.58. The molecule has 1 atom stereocenters. The molecule has 7 nitrogen and oxygen atoms in total. The van der Waals surface area contributed by atoms with Gasteiger partial charge < -0.3 is 24.2 Å². The number of aliphatic hydroxyl groups excluding tert-OH is 1. The number of piperidine rings is 1. The summed E-state index contributed by atoms with van der Waals surface area (Å²) in [7, 11) is 4.94. The fourth-order valence-electron chi connectivity index (χ4n) is 5.18. The highest BCUT2D eigenvalue weighted by molar-refractivity contribution is 5.53. The molecular weight excluding hydrogens is 394 g/mol. The molecule has 3 rings (SSSR count). The lowest BCUT2D eigenvalue weighted by molar-refractivity contribution is -0.0000557. The van der Waals surface area contributed by atoms with E-state index in [-0.39, 0.29) is 6.61 Å². The molecule has 0 aliphatic carbocycles. The van der Waals surface area contributed by atoms with Gasteiger partial charge in [0, 0.05) is 50.9 Å². The number of benzene rings is 1. The highest BCUT2D eigenvalue weighted by atomic mass is 16.5. The summed E-state index contributed by atoms with van der Waals surface area (Å²) in [5.74, 6) is 2.02. The fraction of sp³-hybridized carbons (Fsp3) is 0.750. The van der Waals surface area contributed by atoms with Crippen LogP contribution in [0, 0.1) is 0 Å². The second-order valence-corrected chi connectivity index (χ2v) is 9.03. The quantitative estimate of drug-likeness (QED) is 0.639. The Labute approximate surface area is 187 Å². The molecule has 0 unspecified atom stereocenters. The molecule has 31 heavy (non-hydrogen) atoms. The third kappa shape index (κ3) is 5.83.